The first-order valence-corrected chi connectivity index (χ1v) is 7.62. The van der Waals surface area contributed by atoms with Crippen molar-refractivity contribution in [2.75, 3.05) is 5.32 Å². The molecule has 3 rings (SSSR count). The van der Waals surface area contributed by atoms with Crippen LogP contribution in [0.2, 0.25) is 0 Å². The molecule has 1 heterocycles. The number of aromatic nitrogens is 1. The lowest BCUT2D eigenvalue weighted by atomic mass is 9.91. The first-order valence-electron chi connectivity index (χ1n) is 6.80. The number of fused-ring (bicyclic) bond motifs is 1. The van der Waals surface area contributed by atoms with E-state index < -0.39 is 11.9 Å². The van der Waals surface area contributed by atoms with Crippen molar-refractivity contribution in [3.8, 4) is 0 Å². The van der Waals surface area contributed by atoms with Gasteiger partial charge in [-0.15, -0.1) is 11.3 Å². The summed E-state index contributed by atoms with van der Waals surface area (Å²) < 4.78 is 13.3. The molecule has 0 saturated heterocycles. The van der Waals surface area contributed by atoms with E-state index in [0.717, 1.165) is 23.3 Å². The Kier molecular flexibility index (Phi) is 3.63. The number of nitrogens with zero attached hydrogens (tertiary/aromatic N) is 1. The zero-order valence-electron chi connectivity index (χ0n) is 11.5. The van der Waals surface area contributed by atoms with E-state index in [2.05, 4.69) is 10.3 Å². The molecule has 0 bridgehead atoms. The lowest BCUT2D eigenvalue weighted by molar-refractivity contribution is -0.139. The molecule has 0 aliphatic heterocycles. The Morgan fingerprint density at radius 1 is 1.52 bits per heavy atom. The van der Waals surface area contributed by atoms with Crippen LogP contribution in [0.1, 0.15) is 34.9 Å². The van der Waals surface area contributed by atoms with Gasteiger partial charge in [0, 0.05) is 10.6 Å². The highest BCUT2D eigenvalue weighted by molar-refractivity contribution is 7.15. The molecule has 0 radical (unpaired) electrons. The molecule has 0 amide bonds. The van der Waals surface area contributed by atoms with Crippen molar-refractivity contribution >= 4 is 28.1 Å². The summed E-state index contributed by atoms with van der Waals surface area (Å²) in [5.41, 5.74) is 2.24. The minimum atomic E-state index is -0.824. The Hall–Kier alpha value is -1.95. The van der Waals surface area contributed by atoms with Crippen LogP contribution in [-0.4, -0.2) is 16.1 Å². The normalized spacial score (nSPS) is 17.3. The lowest BCUT2D eigenvalue weighted by Crippen LogP contribution is -2.17. The van der Waals surface area contributed by atoms with Crippen LogP contribution in [0.4, 0.5) is 15.2 Å². The maximum atomic E-state index is 13.3. The number of carboxylic acids is 1. The summed E-state index contributed by atoms with van der Waals surface area (Å²) in [5, 5.41) is 13.0. The van der Waals surface area contributed by atoms with Crippen LogP contribution in [0.25, 0.3) is 0 Å². The van der Waals surface area contributed by atoms with E-state index >= 15 is 0 Å². The topological polar surface area (TPSA) is 62.2 Å². The predicted molar refractivity (Wildman–Crippen MR) is 79.8 cm³/mol. The van der Waals surface area contributed by atoms with E-state index in [-0.39, 0.29) is 5.82 Å². The average Bonchev–Trinajstić information content (AvgIpc) is 2.84. The van der Waals surface area contributed by atoms with Crippen molar-refractivity contribution in [2.24, 2.45) is 0 Å². The molecule has 1 aliphatic rings. The van der Waals surface area contributed by atoms with Crippen molar-refractivity contribution in [1.29, 1.82) is 0 Å². The Labute approximate surface area is 125 Å². The fourth-order valence-electron chi connectivity index (χ4n) is 2.56. The van der Waals surface area contributed by atoms with E-state index in [1.807, 2.05) is 6.92 Å². The number of carbonyl (C=O) groups is 1. The van der Waals surface area contributed by atoms with E-state index in [1.165, 1.54) is 23.5 Å². The number of halogens is 1. The molecule has 4 nitrogen and oxygen atoms in total. The highest BCUT2D eigenvalue weighted by atomic mass is 32.1. The smallest absolute Gasteiger partial charge is 0.312 e. The summed E-state index contributed by atoms with van der Waals surface area (Å²) in [7, 11) is 0. The number of benzene rings is 1. The van der Waals surface area contributed by atoms with E-state index in [0.29, 0.717) is 22.9 Å². The summed E-state index contributed by atoms with van der Waals surface area (Å²) in [6.07, 6.45) is 2.36. The fraction of sp³-hybridized carbons (Fsp3) is 0.333. The van der Waals surface area contributed by atoms with Gasteiger partial charge in [0.25, 0.3) is 0 Å². The maximum Gasteiger partial charge on any atom is 0.312 e. The van der Waals surface area contributed by atoms with Crippen LogP contribution in [-0.2, 0) is 11.2 Å². The molecule has 1 atom stereocenters. The van der Waals surface area contributed by atoms with E-state index in [9.17, 15) is 14.3 Å². The number of thiazole rings is 1. The minimum Gasteiger partial charge on any atom is -0.481 e. The maximum absolute atomic E-state index is 13.3. The number of anilines is 2. The van der Waals surface area contributed by atoms with Crippen LogP contribution in [0.15, 0.2) is 18.2 Å². The number of hydrogen-bond acceptors (Lipinski definition) is 4. The van der Waals surface area contributed by atoms with Gasteiger partial charge in [-0.25, -0.2) is 9.37 Å². The van der Waals surface area contributed by atoms with Crippen LogP contribution in [0.3, 0.4) is 0 Å². The quantitative estimate of drug-likeness (QED) is 0.904. The number of rotatable bonds is 3. The van der Waals surface area contributed by atoms with Gasteiger partial charge in [-0.1, -0.05) is 6.07 Å². The standard InChI is InChI=1S/C15H15FN2O2S/c1-8-5-6-9(16)7-11(8)17-15-18-13-10(14(19)20)3-2-4-12(13)21-15/h5-7,10H,2-4H2,1H3,(H,17,18)(H,19,20). The van der Waals surface area contributed by atoms with Gasteiger partial charge in [0.05, 0.1) is 5.69 Å². The van der Waals surface area contributed by atoms with E-state index in [4.69, 9.17) is 0 Å². The van der Waals surface area contributed by atoms with Crippen molar-refractivity contribution in [3.05, 3.63) is 40.2 Å². The average molecular weight is 306 g/mol. The highest BCUT2D eigenvalue weighted by Crippen LogP contribution is 2.38. The summed E-state index contributed by atoms with van der Waals surface area (Å²) in [4.78, 5) is 16.7. The van der Waals surface area contributed by atoms with Gasteiger partial charge >= 0.3 is 5.97 Å². The zero-order valence-corrected chi connectivity index (χ0v) is 12.3. The lowest BCUT2D eigenvalue weighted by Gasteiger charge is -2.16. The largest absolute Gasteiger partial charge is 0.481 e. The molecular weight excluding hydrogens is 291 g/mol. The Morgan fingerprint density at radius 3 is 3.10 bits per heavy atom. The molecule has 1 aromatic carbocycles. The van der Waals surface area contributed by atoms with Crippen molar-refractivity contribution in [2.45, 2.75) is 32.1 Å². The first-order chi connectivity index (χ1) is 10.0. The Morgan fingerprint density at radius 2 is 2.33 bits per heavy atom. The second kappa shape index (κ2) is 5.44. The van der Waals surface area contributed by atoms with Gasteiger partial charge in [0.2, 0.25) is 0 Å². The van der Waals surface area contributed by atoms with Crippen molar-refractivity contribution in [3.63, 3.8) is 0 Å². The SMILES string of the molecule is Cc1ccc(F)cc1Nc1nc2c(s1)CCCC2C(=O)O. The molecule has 2 N–H and O–H groups in total. The van der Waals surface area contributed by atoms with Gasteiger partial charge in [0.1, 0.15) is 11.7 Å². The van der Waals surface area contributed by atoms with Crippen LogP contribution < -0.4 is 5.32 Å². The van der Waals surface area contributed by atoms with Gasteiger partial charge in [0.15, 0.2) is 5.13 Å². The molecule has 1 aromatic heterocycles. The van der Waals surface area contributed by atoms with Gasteiger partial charge in [-0.2, -0.15) is 0 Å². The number of aryl methyl sites for hydroxylation is 2. The van der Waals surface area contributed by atoms with Crippen LogP contribution >= 0.6 is 11.3 Å². The first kappa shape index (κ1) is 14.0. The predicted octanol–water partition coefficient (Wildman–Crippen LogP) is 3.84. The molecule has 0 fully saturated rings. The molecule has 1 unspecified atom stereocenters. The summed E-state index contributed by atoms with van der Waals surface area (Å²) >= 11 is 1.46. The molecule has 1 aliphatic carbocycles. The Balaban J connectivity index is 1.91. The van der Waals surface area contributed by atoms with Gasteiger partial charge in [-0.05, 0) is 43.9 Å². The van der Waals surface area contributed by atoms with Gasteiger partial charge in [-0.3, -0.25) is 4.79 Å². The molecule has 21 heavy (non-hydrogen) atoms. The number of aliphatic carboxylic acids is 1. The number of nitrogens with one attached hydrogen (secondary N) is 1. The number of hydrogen-bond donors (Lipinski definition) is 2. The molecule has 0 spiro atoms. The molecule has 0 saturated carbocycles. The summed E-state index contributed by atoms with van der Waals surface area (Å²) in [6.45, 7) is 1.88. The Bertz CT molecular complexity index is 699. The third-order valence-electron chi connectivity index (χ3n) is 3.69. The third-order valence-corrected chi connectivity index (χ3v) is 4.74. The number of carboxylic acid groups (broad SMARTS) is 1. The molecular formula is C15H15FN2O2S. The fourth-order valence-corrected chi connectivity index (χ4v) is 3.63. The molecule has 6 heteroatoms. The third kappa shape index (κ3) is 2.76. The van der Waals surface area contributed by atoms with Crippen molar-refractivity contribution < 1.29 is 14.3 Å². The van der Waals surface area contributed by atoms with Gasteiger partial charge < -0.3 is 10.4 Å². The second-order valence-corrected chi connectivity index (χ2v) is 6.28. The molecule has 2 aromatic rings. The molecule has 110 valence electrons. The highest BCUT2D eigenvalue weighted by Gasteiger charge is 2.30. The second-order valence-electron chi connectivity index (χ2n) is 5.19. The van der Waals surface area contributed by atoms with E-state index in [1.54, 1.807) is 6.07 Å². The zero-order chi connectivity index (χ0) is 15.0. The van der Waals surface area contributed by atoms with Crippen molar-refractivity contribution in [1.82, 2.24) is 4.98 Å². The minimum absolute atomic E-state index is 0.312. The summed E-state index contributed by atoms with van der Waals surface area (Å²) in [6, 6.07) is 4.53. The van der Waals surface area contributed by atoms with Crippen LogP contribution in [0, 0.1) is 12.7 Å². The van der Waals surface area contributed by atoms with Crippen LogP contribution in [0.5, 0.6) is 0 Å². The monoisotopic (exact) mass is 306 g/mol. The summed E-state index contributed by atoms with van der Waals surface area (Å²) in [5.74, 6) is -1.66.